The molecule has 0 aliphatic rings. The van der Waals surface area contributed by atoms with Crippen molar-refractivity contribution < 1.29 is 9.90 Å². The molecule has 5 nitrogen and oxygen atoms in total. The number of amides is 1. The quantitative estimate of drug-likeness (QED) is 0.554. The fourth-order valence-corrected chi connectivity index (χ4v) is 2.07. The molecule has 114 valence electrons. The smallest absolute Gasteiger partial charge is 0.242 e. The van der Waals surface area contributed by atoms with Crippen molar-refractivity contribution in [3.05, 3.63) is 30.3 Å². The average molecular weight is 289 g/mol. The van der Waals surface area contributed by atoms with E-state index in [9.17, 15) is 4.79 Å². The highest BCUT2D eigenvalue weighted by atomic mass is 16.2. The van der Waals surface area contributed by atoms with Gasteiger partial charge in [-0.15, -0.1) is 0 Å². The summed E-state index contributed by atoms with van der Waals surface area (Å²) < 4.78 is 0. The number of aliphatic hydroxyl groups is 1. The Morgan fingerprint density at radius 1 is 1.24 bits per heavy atom. The predicted octanol–water partition coefficient (Wildman–Crippen LogP) is 1.64. The summed E-state index contributed by atoms with van der Waals surface area (Å²) in [5, 5.41) is 17.6. The second-order valence-corrected chi connectivity index (χ2v) is 5.00. The Bertz CT molecular complexity index is 456. The van der Waals surface area contributed by atoms with Crippen LogP contribution in [0.1, 0.15) is 19.3 Å². The zero-order valence-corrected chi connectivity index (χ0v) is 12.5. The van der Waals surface area contributed by atoms with Crippen molar-refractivity contribution in [2.24, 2.45) is 0 Å². The first-order chi connectivity index (χ1) is 10.2. The molecule has 0 heterocycles. The van der Waals surface area contributed by atoms with Gasteiger partial charge in [0, 0.05) is 12.3 Å². The van der Waals surface area contributed by atoms with Crippen LogP contribution in [0.3, 0.4) is 0 Å². The van der Waals surface area contributed by atoms with Gasteiger partial charge in [-0.05, 0) is 45.0 Å². The Kier molecular flexibility index (Phi) is 8.10. The van der Waals surface area contributed by atoms with E-state index in [0.29, 0.717) is 0 Å². The molecular weight excluding hydrogens is 266 g/mol. The lowest BCUT2D eigenvalue weighted by Gasteiger charge is -2.23. The first-order valence-electron chi connectivity index (χ1n) is 7.20. The van der Waals surface area contributed by atoms with Crippen LogP contribution in [-0.2, 0) is 4.79 Å². The molecule has 0 saturated carbocycles. The van der Waals surface area contributed by atoms with Gasteiger partial charge >= 0.3 is 0 Å². The first kappa shape index (κ1) is 17.2. The molecule has 0 atom stereocenters. The minimum atomic E-state index is -0.0765. The van der Waals surface area contributed by atoms with Crippen molar-refractivity contribution in [3.8, 4) is 6.07 Å². The molecule has 0 unspecified atom stereocenters. The molecule has 1 aromatic rings. The molecule has 1 N–H and O–H groups in total. The van der Waals surface area contributed by atoms with Crippen LogP contribution in [-0.4, -0.2) is 49.2 Å². The van der Waals surface area contributed by atoms with Gasteiger partial charge in [0.15, 0.2) is 0 Å². The number of aliphatic hydroxyl groups excluding tert-OH is 1. The van der Waals surface area contributed by atoms with E-state index in [4.69, 9.17) is 10.4 Å². The largest absolute Gasteiger partial charge is 0.396 e. The SMILES string of the molecule is CN(CCCCCO)CC(=O)N(CC#N)c1ccccc1. The van der Waals surface area contributed by atoms with E-state index < -0.39 is 0 Å². The lowest BCUT2D eigenvalue weighted by molar-refractivity contribution is -0.119. The second kappa shape index (κ2) is 9.92. The molecule has 0 aliphatic heterocycles. The first-order valence-corrected chi connectivity index (χ1v) is 7.20. The van der Waals surface area contributed by atoms with E-state index in [1.165, 1.54) is 4.90 Å². The summed E-state index contributed by atoms with van der Waals surface area (Å²) in [7, 11) is 1.90. The molecular formula is C16H23N3O2. The molecule has 21 heavy (non-hydrogen) atoms. The molecule has 0 fully saturated rings. The van der Waals surface area contributed by atoms with Crippen molar-refractivity contribution >= 4 is 11.6 Å². The van der Waals surface area contributed by atoms with Crippen molar-refractivity contribution in [1.82, 2.24) is 4.90 Å². The van der Waals surface area contributed by atoms with Crippen LogP contribution in [0.25, 0.3) is 0 Å². The molecule has 0 bridgehead atoms. The molecule has 5 heteroatoms. The fraction of sp³-hybridized carbons (Fsp3) is 0.500. The van der Waals surface area contributed by atoms with Gasteiger partial charge in [0.25, 0.3) is 0 Å². The van der Waals surface area contributed by atoms with Crippen molar-refractivity contribution in [2.75, 3.05) is 38.2 Å². The van der Waals surface area contributed by atoms with E-state index in [1.807, 2.05) is 48.3 Å². The minimum Gasteiger partial charge on any atom is -0.396 e. The van der Waals surface area contributed by atoms with E-state index in [-0.39, 0.29) is 25.6 Å². The Labute approximate surface area is 126 Å². The lowest BCUT2D eigenvalue weighted by Crippen LogP contribution is -2.39. The zero-order chi connectivity index (χ0) is 15.5. The van der Waals surface area contributed by atoms with Gasteiger partial charge < -0.3 is 5.11 Å². The lowest BCUT2D eigenvalue weighted by atomic mass is 10.2. The second-order valence-electron chi connectivity index (χ2n) is 5.00. The Morgan fingerprint density at radius 3 is 2.57 bits per heavy atom. The number of nitrogens with zero attached hydrogens (tertiary/aromatic N) is 3. The topological polar surface area (TPSA) is 67.6 Å². The maximum atomic E-state index is 12.3. The van der Waals surface area contributed by atoms with Gasteiger partial charge in [-0.1, -0.05) is 18.2 Å². The summed E-state index contributed by atoms with van der Waals surface area (Å²) in [6, 6.07) is 11.3. The van der Waals surface area contributed by atoms with Crippen LogP contribution in [0.2, 0.25) is 0 Å². The standard InChI is InChI=1S/C16H23N3O2/c1-18(11-6-3-7-13-20)14-16(21)19(12-10-17)15-8-4-2-5-9-15/h2,4-5,8-9,20H,3,6-7,11-14H2,1H3. The number of carbonyl (C=O) groups is 1. The van der Waals surface area contributed by atoms with E-state index in [1.54, 1.807) is 0 Å². The fourth-order valence-electron chi connectivity index (χ4n) is 2.07. The molecule has 1 aromatic carbocycles. The predicted molar refractivity (Wildman–Crippen MR) is 82.8 cm³/mol. The number of carbonyl (C=O) groups excluding carboxylic acids is 1. The number of hydrogen-bond acceptors (Lipinski definition) is 4. The number of para-hydroxylation sites is 1. The third kappa shape index (κ3) is 6.39. The molecule has 1 rings (SSSR count). The number of likely N-dealkylation sites (N-methyl/N-ethyl adjacent to an activating group) is 1. The zero-order valence-electron chi connectivity index (χ0n) is 12.5. The van der Waals surface area contributed by atoms with Crippen LogP contribution in [0.5, 0.6) is 0 Å². The van der Waals surface area contributed by atoms with E-state index in [0.717, 1.165) is 31.5 Å². The van der Waals surface area contributed by atoms with E-state index in [2.05, 4.69) is 0 Å². The Balaban J connectivity index is 2.52. The Hall–Kier alpha value is -1.90. The monoisotopic (exact) mass is 289 g/mol. The Morgan fingerprint density at radius 2 is 1.95 bits per heavy atom. The van der Waals surface area contributed by atoms with Gasteiger partial charge in [-0.2, -0.15) is 5.26 Å². The van der Waals surface area contributed by atoms with Crippen LogP contribution in [0.15, 0.2) is 30.3 Å². The van der Waals surface area contributed by atoms with Gasteiger partial charge in [0.05, 0.1) is 12.6 Å². The van der Waals surface area contributed by atoms with Gasteiger partial charge in [-0.25, -0.2) is 0 Å². The highest BCUT2D eigenvalue weighted by molar-refractivity contribution is 5.95. The van der Waals surface area contributed by atoms with E-state index >= 15 is 0 Å². The van der Waals surface area contributed by atoms with Gasteiger partial charge in [-0.3, -0.25) is 14.6 Å². The summed E-state index contributed by atoms with van der Waals surface area (Å²) in [6.07, 6.45) is 2.70. The molecule has 0 aliphatic carbocycles. The highest BCUT2D eigenvalue weighted by Gasteiger charge is 2.16. The van der Waals surface area contributed by atoms with Crippen molar-refractivity contribution in [1.29, 1.82) is 5.26 Å². The van der Waals surface area contributed by atoms with Gasteiger partial charge in [0.1, 0.15) is 6.54 Å². The van der Waals surface area contributed by atoms with Crippen molar-refractivity contribution in [3.63, 3.8) is 0 Å². The highest BCUT2D eigenvalue weighted by Crippen LogP contribution is 2.13. The third-order valence-corrected chi connectivity index (χ3v) is 3.20. The molecule has 0 spiro atoms. The van der Waals surface area contributed by atoms with Crippen LogP contribution >= 0.6 is 0 Å². The third-order valence-electron chi connectivity index (χ3n) is 3.20. The molecule has 0 saturated heterocycles. The normalized spacial score (nSPS) is 10.4. The number of hydrogen-bond donors (Lipinski definition) is 1. The summed E-state index contributed by atoms with van der Waals surface area (Å²) >= 11 is 0. The molecule has 0 aromatic heterocycles. The summed E-state index contributed by atoms with van der Waals surface area (Å²) in [5.74, 6) is -0.0765. The van der Waals surface area contributed by atoms with Gasteiger partial charge in [0.2, 0.25) is 5.91 Å². The average Bonchev–Trinajstić information content (AvgIpc) is 2.50. The van der Waals surface area contributed by atoms with Crippen LogP contribution in [0.4, 0.5) is 5.69 Å². The minimum absolute atomic E-state index is 0.0567. The summed E-state index contributed by atoms with van der Waals surface area (Å²) in [4.78, 5) is 15.8. The summed E-state index contributed by atoms with van der Waals surface area (Å²) in [5.41, 5.74) is 0.748. The molecule has 1 amide bonds. The summed E-state index contributed by atoms with van der Waals surface area (Å²) in [6.45, 7) is 1.37. The number of anilines is 1. The number of nitriles is 1. The van der Waals surface area contributed by atoms with Crippen molar-refractivity contribution in [2.45, 2.75) is 19.3 Å². The van der Waals surface area contributed by atoms with Crippen LogP contribution < -0.4 is 4.90 Å². The van der Waals surface area contributed by atoms with Crippen LogP contribution in [0, 0.1) is 11.3 Å². The molecule has 0 radical (unpaired) electrons. The number of benzene rings is 1. The number of unbranched alkanes of at least 4 members (excludes halogenated alkanes) is 2. The maximum absolute atomic E-state index is 12.3. The number of rotatable bonds is 9. The maximum Gasteiger partial charge on any atom is 0.242 e.